The molecule has 0 aliphatic rings. The summed E-state index contributed by atoms with van der Waals surface area (Å²) in [6, 6.07) is 14.6. The smallest absolute Gasteiger partial charge is 0.272 e. The molecule has 0 saturated heterocycles. The number of pyridine rings is 1. The summed E-state index contributed by atoms with van der Waals surface area (Å²) in [6.07, 6.45) is 1.34. The molecule has 1 aromatic heterocycles. The maximum absolute atomic E-state index is 12.9. The molecule has 1 unspecified atom stereocenters. The van der Waals surface area contributed by atoms with Gasteiger partial charge in [0, 0.05) is 22.8 Å². The first-order valence-corrected chi connectivity index (χ1v) is 9.96. The van der Waals surface area contributed by atoms with Gasteiger partial charge in [-0.3, -0.25) is 24.5 Å². The van der Waals surface area contributed by atoms with Gasteiger partial charge in [0.2, 0.25) is 5.88 Å². The Balaban J connectivity index is 2.15. The summed E-state index contributed by atoms with van der Waals surface area (Å²) in [5, 5.41) is 31.4. The number of rotatable bonds is 5. The van der Waals surface area contributed by atoms with E-state index in [4.69, 9.17) is 0 Å². The van der Waals surface area contributed by atoms with Crippen molar-refractivity contribution >= 4 is 33.5 Å². The number of aromatic nitrogens is 1. The van der Waals surface area contributed by atoms with E-state index in [1.165, 1.54) is 24.4 Å². The number of nitro groups is 1. The summed E-state index contributed by atoms with van der Waals surface area (Å²) in [6.45, 7) is 3.31. The van der Waals surface area contributed by atoms with Crippen LogP contribution >= 0.6 is 15.9 Å². The number of aliphatic imine (C=N–C) groups is 1. The van der Waals surface area contributed by atoms with Crippen LogP contribution in [-0.4, -0.2) is 20.8 Å². The highest BCUT2D eigenvalue weighted by Crippen LogP contribution is 2.31. The quantitative estimate of drug-likeness (QED) is 0.320. The molecule has 0 fully saturated rings. The first-order valence-electron chi connectivity index (χ1n) is 9.17. The van der Waals surface area contributed by atoms with Gasteiger partial charge in [-0.15, -0.1) is 0 Å². The predicted octanol–water partition coefficient (Wildman–Crippen LogP) is 4.76. The van der Waals surface area contributed by atoms with Crippen molar-refractivity contribution in [1.29, 1.82) is 5.26 Å². The largest absolute Gasteiger partial charge is 0.494 e. The minimum Gasteiger partial charge on any atom is -0.494 e. The number of benzene rings is 2. The number of hydrogen-bond acceptors (Lipinski definition) is 6. The van der Waals surface area contributed by atoms with E-state index >= 15 is 0 Å². The van der Waals surface area contributed by atoms with E-state index in [2.05, 4.69) is 20.9 Å². The topological polar surface area (TPSA) is 122 Å². The van der Waals surface area contributed by atoms with Crippen LogP contribution in [0.15, 0.2) is 62.8 Å². The van der Waals surface area contributed by atoms with E-state index in [1.807, 2.05) is 36.4 Å². The van der Waals surface area contributed by atoms with Crippen molar-refractivity contribution in [3.8, 4) is 11.9 Å². The Bertz CT molecular complexity index is 1290. The van der Waals surface area contributed by atoms with Gasteiger partial charge in [0.15, 0.2) is 0 Å². The Morgan fingerprint density at radius 3 is 2.55 bits per heavy atom. The fraction of sp³-hybridized carbons (Fsp3) is 0.136. The second-order valence-electron chi connectivity index (χ2n) is 6.76. The van der Waals surface area contributed by atoms with Crippen molar-refractivity contribution in [3.05, 3.63) is 95.7 Å². The van der Waals surface area contributed by atoms with Gasteiger partial charge in [-0.1, -0.05) is 30.3 Å². The minimum absolute atomic E-state index is 0.0928. The zero-order valence-electron chi connectivity index (χ0n) is 16.6. The van der Waals surface area contributed by atoms with Crippen LogP contribution in [0.5, 0.6) is 5.88 Å². The van der Waals surface area contributed by atoms with Gasteiger partial charge in [-0.05, 0) is 47.0 Å². The molecule has 1 heterocycles. The Morgan fingerprint density at radius 1 is 1.29 bits per heavy atom. The van der Waals surface area contributed by atoms with Crippen LogP contribution in [0.1, 0.15) is 35.2 Å². The molecule has 0 aliphatic heterocycles. The molecule has 1 atom stereocenters. The Labute approximate surface area is 186 Å². The van der Waals surface area contributed by atoms with Gasteiger partial charge in [0.1, 0.15) is 11.6 Å². The van der Waals surface area contributed by atoms with Gasteiger partial charge >= 0.3 is 0 Å². The number of halogens is 1. The van der Waals surface area contributed by atoms with Crippen molar-refractivity contribution in [3.63, 3.8) is 0 Å². The van der Waals surface area contributed by atoms with E-state index in [0.29, 0.717) is 15.7 Å². The molecule has 0 aliphatic carbocycles. The molecule has 3 rings (SSSR count). The second kappa shape index (κ2) is 8.93. The van der Waals surface area contributed by atoms with Crippen LogP contribution in [0.4, 0.5) is 11.4 Å². The zero-order valence-corrected chi connectivity index (χ0v) is 18.2. The van der Waals surface area contributed by atoms with Crippen LogP contribution in [-0.2, 0) is 0 Å². The predicted molar refractivity (Wildman–Crippen MR) is 120 cm³/mol. The summed E-state index contributed by atoms with van der Waals surface area (Å²) >= 11 is 3.25. The first-order chi connectivity index (χ1) is 14.8. The molecule has 156 valence electrons. The van der Waals surface area contributed by atoms with Crippen molar-refractivity contribution in [2.24, 2.45) is 4.99 Å². The molecule has 0 saturated carbocycles. The average molecular weight is 481 g/mol. The SMILES string of the molecule is Cc1c(C=Nc2ccc([N+](=O)[O-])cc2Br)c(O)n(C(C)c2ccccc2)c(=O)c1C#N. The fourth-order valence-electron chi connectivity index (χ4n) is 3.18. The van der Waals surface area contributed by atoms with Crippen molar-refractivity contribution in [2.75, 3.05) is 0 Å². The summed E-state index contributed by atoms with van der Waals surface area (Å²) in [5.74, 6) is -0.320. The number of non-ortho nitro benzene ring substituents is 1. The average Bonchev–Trinajstić information content (AvgIpc) is 2.75. The molecule has 0 radical (unpaired) electrons. The van der Waals surface area contributed by atoms with Crippen molar-refractivity contribution in [1.82, 2.24) is 4.57 Å². The number of aromatic hydroxyl groups is 1. The molecule has 2 aromatic carbocycles. The number of hydrogen-bond donors (Lipinski definition) is 1. The summed E-state index contributed by atoms with van der Waals surface area (Å²) in [4.78, 5) is 27.6. The highest BCUT2D eigenvalue weighted by atomic mass is 79.9. The molecule has 0 spiro atoms. The maximum Gasteiger partial charge on any atom is 0.272 e. The van der Waals surface area contributed by atoms with Gasteiger partial charge < -0.3 is 5.11 Å². The fourth-order valence-corrected chi connectivity index (χ4v) is 3.65. The molecule has 8 nitrogen and oxygen atoms in total. The van der Waals surface area contributed by atoms with Gasteiger partial charge in [0.25, 0.3) is 11.2 Å². The lowest BCUT2D eigenvalue weighted by molar-refractivity contribution is -0.384. The Kier molecular flexibility index (Phi) is 6.32. The Hall–Kier alpha value is -3.77. The highest BCUT2D eigenvalue weighted by molar-refractivity contribution is 9.10. The van der Waals surface area contributed by atoms with Crippen molar-refractivity contribution < 1.29 is 10.0 Å². The third-order valence-electron chi connectivity index (χ3n) is 4.94. The third kappa shape index (κ3) is 4.25. The molecule has 0 amide bonds. The first kappa shape index (κ1) is 21.9. The minimum atomic E-state index is -0.595. The lowest BCUT2D eigenvalue weighted by Gasteiger charge is -2.20. The van der Waals surface area contributed by atoms with Crippen LogP contribution in [0.2, 0.25) is 0 Å². The Morgan fingerprint density at radius 2 is 1.97 bits per heavy atom. The standard InChI is InChI=1S/C22H17BrN4O4/c1-13-17(11-24)21(28)26(14(2)15-6-4-3-5-7-15)22(29)18(13)12-25-20-9-8-16(27(30)31)10-19(20)23/h3-10,12,14,29H,1-2H3. The molecule has 0 bridgehead atoms. The molecule has 9 heteroatoms. The number of nitro benzene ring substituents is 1. The molecular weight excluding hydrogens is 464 g/mol. The van der Waals surface area contributed by atoms with Gasteiger partial charge in [0.05, 0.1) is 22.2 Å². The summed E-state index contributed by atoms with van der Waals surface area (Å²) < 4.78 is 1.55. The monoisotopic (exact) mass is 480 g/mol. The highest BCUT2D eigenvalue weighted by Gasteiger charge is 2.22. The summed E-state index contributed by atoms with van der Waals surface area (Å²) in [5.41, 5.74) is 0.895. The van der Waals surface area contributed by atoms with Crippen LogP contribution < -0.4 is 5.56 Å². The molecule has 1 N–H and O–H groups in total. The van der Waals surface area contributed by atoms with E-state index in [-0.39, 0.29) is 22.7 Å². The van der Waals surface area contributed by atoms with E-state index in [0.717, 1.165) is 10.1 Å². The summed E-state index contributed by atoms with van der Waals surface area (Å²) in [7, 11) is 0. The van der Waals surface area contributed by atoms with Crippen LogP contribution in [0.3, 0.4) is 0 Å². The van der Waals surface area contributed by atoms with Crippen LogP contribution in [0.25, 0.3) is 0 Å². The molecular formula is C22H17BrN4O4. The van der Waals surface area contributed by atoms with Gasteiger partial charge in [-0.2, -0.15) is 5.26 Å². The number of nitriles is 1. The lowest BCUT2D eigenvalue weighted by Crippen LogP contribution is -2.28. The van der Waals surface area contributed by atoms with E-state index < -0.39 is 16.5 Å². The van der Waals surface area contributed by atoms with E-state index in [9.17, 15) is 25.3 Å². The molecule has 31 heavy (non-hydrogen) atoms. The van der Waals surface area contributed by atoms with Crippen LogP contribution in [0, 0.1) is 28.4 Å². The molecule has 3 aromatic rings. The number of nitrogens with zero attached hydrogens (tertiary/aromatic N) is 4. The zero-order chi connectivity index (χ0) is 22.7. The maximum atomic E-state index is 12.9. The third-order valence-corrected chi connectivity index (χ3v) is 5.57. The van der Waals surface area contributed by atoms with Gasteiger partial charge in [-0.25, -0.2) is 0 Å². The normalized spacial score (nSPS) is 11.9. The second-order valence-corrected chi connectivity index (χ2v) is 7.62. The lowest BCUT2D eigenvalue weighted by atomic mass is 10.0. The van der Waals surface area contributed by atoms with Crippen molar-refractivity contribution in [2.45, 2.75) is 19.9 Å². The van der Waals surface area contributed by atoms with E-state index in [1.54, 1.807) is 13.8 Å².